The third kappa shape index (κ3) is 3.83. The van der Waals surface area contributed by atoms with Gasteiger partial charge in [-0.3, -0.25) is 19.3 Å². The van der Waals surface area contributed by atoms with Gasteiger partial charge in [0, 0.05) is 25.9 Å². The molecule has 4 rings (SSSR count). The first-order valence-electron chi connectivity index (χ1n) is 10.3. The van der Waals surface area contributed by atoms with E-state index >= 15 is 0 Å². The molecular weight excluding hydrogens is 423 g/mol. The highest BCUT2D eigenvalue weighted by Gasteiger charge is 2.52. The number of nitrogens with zero attached hydrogens (tertiary/aromatic N) is 2. The van der Waals surface area contributed by atoms with Crippen LogP contribution in [0.25, 0.3) is 0 Å². The third-order valence-corrected chi connectivity index (χ3v) is 6.08. The molecule has 2 aliphatic heterocycles. The summed E-state index contributed by atoms with van der Waals surface area (Å²) in [6.45, 7) is 2.02. The van der Waals surface area contributed by atoms with Gasteiger partial charge in [-0.05, 0) is 43.2 Å². The average molecular weight is 445 g/mol. The lowest BCUT2D eigenvalue weighted by molar-refractivity contribution is -0.137. The van der Waals surface area contributed by atoms with Gasteiger partial charge in [-0.2, -0.15) is 13.2 Å². The van der Waals surface area contributed by atoms with Crippen molar-refractivity contribution in [2.45, 2.75) is 44.6 Å². The maximum atomic E-state index is 13.1. The molecule has 2 aromatic rings. The number of hydrogen-bond donors (Lipinski definition) is 1. The zero-order chi connectivity index (χ0) is 23.1. The van der Waals surface area contributed by atoms with Crippen molar-refractivity contribution >= 4 is 23.4 Å². The van der Waals surface area contributed by atoms with Gasteiger partial charge in [0.2, 0.25) is 11.8 Å². The van der Waals surface area contributed by atoms with Gasteiger partial charge in [-0.25, -0.2) is 0 Å². The lowest BCUT2D eigenvalue weighted by atomic mass is 9.98. The molecule has 0 bridgehead atoms. The fraction of sp³-hybridized carbons (Fsp3) is 0.348. The minimum absolute atomic E-state index is 0.00611. The van der Waals surface area contributed by atoms with Gasteiger partial charge in [-0.1, -0.05) is 24.3 Å². The van der Waals surface area contributed by atoms with Gasteiger partial charge in [0.1, 0.15) is 5.66 Å². The second-order valence-corrected chi connectivity index (χ2v) is 8.14. The molecule has 0 saturated carbocycles. The monoisotopic (exact) mass is 445 g/mol. The van der Waals surface area contributed by atoms with Crippen LogP contribution in [-0.2, 0) is 22.3 Å². The molecule has 1 N–H and O–H groups in total. The van der Waals surface area contributed by atoms with Crippen LogP contribution in [0, 0.1) is 0 Å². The van der Waals surface area contributed by atoms with Crippen molar-refractivity contribution in [3.8, 4) is 0 Å². The van der Waals surface area contributed by atoms with Crippen LogP contribution in [0.1, 0.15) is 47.7 Å². The fourth-order valence-corrected chi connectivity index (χ4v) is 4.36. The largest absolute Gasteiger partial charge is 0.416 e. The summed E-state index contributed by atoms with van der Waals surface area (Å²) in [5, 5.41) is 2.67. The van der Waals surface area contributed by atoms with Crippen molar-refractivity contribution in [2.24, 2.45) is 0 Å². The molecule has 0 unspecified atom stereocenters. The summed E-state index contributed by atoms with van der Waals surface area (Å²) in [6, 6.07) is 11.5. The number of hydrogen-bond acceptors (Lipinski definition) is 3. The summed E-state index contributed by atoms with van der Waals surface area (Å²) in [6.07, 6.45) is -3.62. The molecule has 1 fully saturated rings. The van der Waals surface area contributed by atoms with Crippen LogP contribution in [0.3, 0.4) is 0 Å². The molecule has 2 heterocycles. The quantitative estimate of drug-likeness (QED) is 0.763. The average Bonchev–Trinajstić information content (AvgIpc) is 3.07. The van der Waals surface area contributed by atoms with Gasteiger partial charge in [0.25, 0.3) is 5.91 Å². The van der Waals surface area contributed by atoms with Crippen LogP contribution < -0.4 is 10.2 Å². The van der Waals surface area contributed by atoms with E-state index < -0.39 is 17.4 Å². The van der Waals surface area contributed by atoms with E-state index in [1.54, 1.807) is 34.1 Å². The van der Waals surface area contributed by atoms with Gasteiger partial charge in [0.05, 0.1) is 16.8 Å². The maximum Gasteiger partial charge on any atom is 0.416 e. The molecule has 0 aliphatic carbocycles. The number of anilines is 1. The second kappa shape index (κ2) is 7.96. The predicted octanol–water partition coefficient (Wildman–Crippen LogP) is 3.71. The number of carbonyl (C=O) groups is 3. The van der Waals surface area contributed by atoms with E-state index in [2.05, 4.69) is 5.32 Å². The van der Waals surface area contributed by atoms with E-state index in [9.17, 15) is 27.6 Å². The Morgan fingerprint density at radius 2 is 1.78 bits per heavy atom. The number of amides is 3. The molecule has 9 heteroatoms. The SMILES string of the molecule is C[C@@]12CCC(=O)N1c1ccccc1C(=O)N2CCC(=O)NCc1ccc(C(F)(F)F)cc1. The Morgan fingerprint density at radius 1 is 1.09 bits per heavy atom. The number of alkyl halides is 3. The number of benzene rings is 2. The maximum absolute atomic E-state index is 13.1. The normalized spacial score (nSPS) is 20.2. The van der Waals surface area contributed by atoms with Crippen LogP contribution in [-0.4, -0.2) is 34.8 Å². The summed E-state index contributed by atoms with van der Waals surface area (Å²) in [5.41, 5.74) is -0.0407. The molecule has 3 amide bonds. The lowest BCUT2D eigenvalue weighted by Gasteiger charge is -2.48. The zero-order valence-electron chi connectivity index (χ0n) is 17.4. The minimum Gasteiger partial charge on any atom is -0.352 e. The molecule has 1 atom stereocenters. The molecule has 0 radical (unpaired) electrons. The summed E-state index contributed by atoms with van der Waals surface area (Å²) < 4.78 is 38.0. The lowest BCUT2D eigenvalue weighted by Crippen LogP contribution is -2.62. The van der Waals surface area contributed by atoms with Crippen molar-refractivity contribution in [3.05, 3.63) is 65.2 Å². The number of carbonyl (C=O) groups excluding carboxylic acids is 3. The van der Waals surface area contributed by atoms with E-state index in [0.717, 1.165) is 12.1 Å². The summed E-state index contributed by atoms with van der Waals surface area (Å²) in [5.74, 6) is -0.634. The molecule has 2 aromatic carbocycles. The Balaban J connectivity index is 1.41. The highest BCUT2D eigenvalue weighted by molar-refractivity contribution is 6.10. The van der Waals surface area contributed by atoms with Gasteiger partial charge in [-0.15, -0.1) is 0 Å². The smallest absolute Gasteiger partial charge is 0.352 e. The molecule has 1 saturated heterocycles. The van der Waals surface area contributed by atoms with Crippen molar-refractivity contribution in [2.75, 3.05) is 11.4 Å². The summed E-state index contributed by atoms with van der Waals surface area (Å²) in [7, 11) is 0. The first-order valence-corrected chi connectivity index (χ1v) is 10.3. The molecular formula is C23H22F3N3O3. The molecule has 6 nitrogen and oxygen atoms in total. The Morgan fingerprint density at radius 3 is 2.47 bits per heavy atom. The van der Waals surface area contributed by atoms with Crippen LogP contribution in [0.15, 0.2) is 48.5 Å². The first kappa shape index (κ1) is 21.9. The number of halogens is 3. The number of nitrogens with one attached hydrogen (secondary N) is 1. The molecule has 2 aliphatic rings. The van der Waals surface area contributed by atoms with Crippen LogP contribution in [0.2, 0.25) is 0 Å². The highest BCUT2D eigenvalue weighted by Crippen LogP contribution is 2.43. The van der Waals surface area contributed by atoms with Gasteiger partial charge < -0.3 is 10.2 Å². The second-order valence-electron chi connectivity index (χ2n) is 8.14. The zero-order valence-corrected chi connectivity index (χ0v) is 17.4. The summed E-state index contributed by atoms with van der Waals surface area (Å²) in [4.78, 5) is 41.3. The Kier molecular flexibility index (Phi) is 5.44. The molecule has 32 heavy (non-hydrogen) atoms. The van der Waals surface area contributed by atoms with E-state index in [0.29, 0.717) is 29.7 Å². The van der Waals surface area contributed by atoms with Crippen LogP contribution in [0.4, 0.5) is 18.9 Å². The van der Waals surface area contributed by atoms with Crippen molar-refractivity contribution in [1.82, 2.24) is 10.2 Å². The molecule has 0 aromatic heterocycles. The Hall–Kier alpha value is -3.36. The fourth-order valence-electron chi connectivity index (χ4n) is 4.36. The Bertz CT molecular complexity index is 1070. The highest BCUT2D eigenvalue weighted by atomic mass is 19.4. The third-order valence-electron chi connectivity index (χ3n) is 6.08. The minimum atomic E-state index is -4.41. The molecule has 0 spiro atoms. The Labute approximate surface area is 183 Å². The van der Waals surface area contributed by atoms with Crippen LogP contribution >= 0.6 is 0 Å². The van der Waals surface area contributed by atoms with Crippen molar-refractivity contribution in [1.29, 1.82) is 0 Å². The van der Waals surface area contributed by atoms with E-state index in [1.807, 2.05) is 6.92 Å². The van der Waals surface area contributed by atoms with Crippen molar-refractivity contribution in [3.63, 3.8) is 0 Å². The standard InChI is InChI=1S/C23H22F3N3O3/c1-22-12-10-20(31)29(22)18-5-3-2-4-17(18)21(32)28(22)13-11-19(30)27-14-15-6-8-16(9-7-15)23(24,25)26/h2-9H,10-14H2,1H3,(H,27,30)/t22-/m0/s1. The predicted molar refractivity (Wildman–Crippen MR) is 111 cm³/mol. The topological polar surface area (TPSA) is 69.7 Å². The number of fused-ring (bicyclic) bond motifs is 3. The van der Waals surface area contributed by atoms with E-state index in [-0.39, 0.29) is 37.2 Å². The van der Waals surface area contributed by atoms with Crippen molar-refractivity contribution < 1.29 is 27.6 Å². The van der Waals surface area contributed by atoms with E-state index in [1.165, 1.54) is 12.1 Å². The van der Waals surface area contributed by atoms with Gasteiger partial charge >= 0.3 is 6.18 Å². The van der Waals surface area contributed by atoms with Gasteiger partial charge in [0.15, 0.2) is 0 Å². The number of para-hydroxylation sites is 1. The number of rotatable bonds is 5. The van der Waals surface area contributed by atoms with Crippen LogP contribution in [0.5, 0.6) is 0 Å². The first-order chi connectivity index (χ1) is 15.1. The molecule has 168 valence electrons. The van der Waals surface area contributed by atoms with E-state index in [4.69, 9.17) is 0 Å². The summed E-state index contributed by atoms with van der Waals surface area (Å²) >= 11 is 0.